The molecule has 0 amide bonds. The molecule has 0 aliphatic heterocycles. The number of esters is 5. The van der Waals surface area contributed by atoms with Crippen LogP contribution in [0.15, 0.2) is 0 Å². The van der Waals surface area contributed by atoms with Crippen LogP contribution in [0.2, 0.25) is 0 Å². The maximum absolute atomic E-state index is 11.4. The van der Waals surface area contributed by atoms with Crippen molar-refractivity contribution in [1.29, 1.82) is 0 Å². The first-order valence-corrected chi connectivity index (χ1v) is 38.6. The Balaban J connectivity index is -0.000000123. The quantitative estimate of drug-likeness (QED) is 0.0295. The normalized spacial score (nSPS) is 11.7. The average Bonchev–Trinajstić information content (AvgIpc) is 0.979. The molecule has 0 bridgehead atoms. The molecule has 0 aliphatic carbocycles. The van der Waals surface area contributed by atoms with Gasteiger partial charge in [0.05, 0.1) is 26.4 Å². The Hall–Kier alpha value is -3.38. The van der Waals surface area contributed by atoms with Crippen molar-refractivity contribution < 1.29 is 67.0 Å². The van der Waals surface area contributed by atoms with Crippen molar-refractivity contribution in [3.05, 3.63) is 0 Å². The fourth-order valence-electron chi connectivity index (χ4n) is 7.98. The first-order valence-electron chi connectivity index (χ1n) is 38.6. The Morgan fingerprint density at radius 3 is 1.07 bits per heavy atom. The number of carbonyl (C=O) groups is 6. The number of ether oxygens (including phenoxy) is 7. The third-order valence-electron chi connectivity index (χ3n) is 14.0. The van der Waals surface area contributed by atoms with Gasteiger partial charge in [0.15, 0.2) is 0 Å². The number of carboxylic acids is 1. The number of unbranched alkanes of at least 4 members (excludes halogenated alkanes) is 7. The van der Waals surface area contributed by atoms with E-state index < -0.39 is 5.97 Å². The highest BCUT2D eigenvalue weighted by Crippen LogP contribution is 2.25. The number of rotatable bonds is 39. The molecule has 0 aromatic carbocycles. The predicted molar refractivity (Wildman–Crippen MR) is 442 cm³/mol. The van der Waals surface area contributed by atoms with Crippen molar-refractivity contribution in [2.45, 2.75) is 408 Å². The Kier molecular flexibility index (Phi) is 79.6. The number of hydrogen-bond donors (Lipinski definition) is 3. The van der Waals surface area contributed by atoms with Crippen molar-refractivity contribution in [3.63, 3.8) is 0 Å². The SMILES string of the molecule is C.C.C.CC(C)(C)CCCCCCC(=O)OC(C)(C)C.CC(C)(C)CCN.CC(C)(C)CCOCCCC(=O)OC(C)(C)C.CC(C)OC(=O)CCCCCCC(C)(C)C.CCCCOC(=O)CCCNCCC(C)(C)C.CN(CCC(C)(C)C)CC(=O)O.COC(=O)CCCOCCC(C)(C)C. The van der Waals surface area contributed by atoms with Gasteiger partial charge in [-0.2, -0.15) is 0 Å². The zero-order chi connectivity index (χ0) is 79.5. The Bertz CT molecular complexity index is 1900. The van der Waals surface area contributed by atoms with E-state index in [-0.39, 0.29) is 81.4 Å². The highest BCUT2D eigenvalue weighted by Gasteiger charge is 2.19. The van der Waals surface area contributed by atoms with E-state index in [1.54, 1.807) is 0 Å². The third kappa shape index (κ3) is 138. The molecule has 0 spiro atoms. The second-order valence-corrected chi connectivity index (χ2v) is 37.6. The molecule has 0 aliphatic rings. The number of likely N-dealkylation sites (N-methyl/N-ethyl adjacent to an activating group) is 1. The summed E-state index contributed by atoms with van der Waals surface area (Å²) in [6.45, 7) is 70.8. The molecule has 0 saturated heterocycles. The number of nitrogens with one attached hydrogen (secondary N) is 1. The van der Waals surface area contributed by atoms with Crippen LogP contribution in [0, 0.1) is 37.9 Å². The molecule has 0 fully saturated rings. The Morgan fingerprint density at radius 1 is 0.398 bits per heavy atom. The first kappa shape index (κ1) is 121. The maximum atomic E-state index is 11.4. The average molecular weight is 1480 g/mol. The number of nitrogens with zero attached hydrogens (tertiary/aromatic N) is 1. The molecule has 4 N–H and O–H groups in total. The number of hydrogen-bond acceptors (Lipinski definition) is 16. The number of carbonyl (C=O) groups excluding carboxylic acids is 5. The van der Waals surface area contributed by atoms with Crippen molar-refractivity contribution in [2.24, 2.45) is 43.6 Å². The fourth-order valence-corrected chi connectivity index (χ4v) is 7.98. The monoisotopic (exact) mass is 1480 g/mol. The lowest BCUT2D eigenvalue weighted by atomic mass is 9.89. The molecule has 0 unspecified atom stereocenters. The zero-order valence-electron chi connectivity index (χ0n) is 72.1. The molecule has 0 aromatic rings. The van der Waals surface area contributed by atoms with Gasteiger partial charge in [-0.3, -0.25) is 33.7 Å². The van der Waals surface area contributed by atoms with E-state index >= 15 is 0 Å². The minimum atomic E-state index is -0.758. The van der Waals surface area contributed by atoms with E-state index in [1.165, 1.54) is 45.6 Å². The summed E-state index contributed by atoms with van der Waals surface area (Å²) in [5, 5.41) is 11.8. The van der Waals surface area contributed by atoms with Crippen molar-refractivity contribution in [1.82, 2.24) is 10.2 Å². The predicted octanol–water partition coefficient (Wildman–Crippen LogP) is 22.9. The van der Waals surface area contributed by atoms with Crippen molar-refractivity contribution >= 4 is 35.8 Å². The van der Waals surface area contributed by atoms with Crippen molar-refractivity contribution in [3.8, 4) is 0 Å². The van der Waals surface area contributed by atoms with Gasteiger partial charge in [-0.1, -0.05) is 220 Å². The molecule has 0 radical (unpaired) electrons. The van der Waals surface area contributed by atoms with Crippen LogP contribution in [0.5, 0.6) is 0 Å². The smallest absolute Gasteiger partial charge is 0.317 e. The summed E-state index contributed by atoms with van der Waals surface area (Å²) in [6.07, 6.45) is 24.1. The highest BCUT2D eigenvalue weighted by atomic mass is 16.6. The number of nitrogens with two attached hydrogens (primary N) is 1. The molecule has 0 aromatic heterocycles. The second-order valence-electron chi connectivity index (χ2n) is 37.6. The molecule has 0 rings (SSSR count). The largest absolute Gasteiger partial charge is 0.480 e. The molecule has 0 heterocycles. The Labute approximate surface area is 641 Å². The molecule has 0 saturated carbocycles. The van der Waals surface area contributed by atoms with Gasteiger partial charge in [0.1, 0.15) is 11.2 Å². The van der Waals surface area contributed by atoms with Crippen LogP contribution >= 0.6 is 0 Å². The highest BCUT2D eigenvalue weighted by molar-refractivity contribution is 5.71. The van der Waals surface area contributed by atoms with Crippen LogP contribution in [0.25, 0.3) is 0 Å². The van der Waals surface area contributed by atoms with Gasteiger partial charge in [-0.15, -0.1) is 0 Å². The summed E-state index contributed by atoms with van der Waals surface area (Å²) in [7, 11) is 3.24. The molecular formula is C86H183N3O14. The summed E-state index contributed by atoms with van der Waals surface area (Å²) in [6, 6.07) is 0. The van der Waals surface area contributed by atoms with Gasteiger partial charge in [0, 0.05) is 58.5 Å². The van der Waals surface area contributed by atoms with Gasteiger partial charge < -0.3 is 49.3 Å². The maximum Gasteiger partial charge on any atom is 0.317 e. The summed E-state index contributed by atoms with van der Waals surface area (Å²) in [4.78, 5) is 68.1. The van der Waals surface area contributed by atoms with Crippen LogP contribution < -0.4 is 11.1 Å². The fraction of sp³-hybridized carbons (Fsp3) is 0.930. The van der Waals surface area contributed by atoms with Crippen LogP contribution in [-0.2, 0) is 61.9 Å². The first-order chi connectivity index (χ1) is 45.3. The summed E-state index contributed by atoms with van der Waals surface area (Å²) in [5.74, 6) is -1.23. The van der Waals surface area contributed by atoms with Gasteiger partial charge >= 0.3 is 35.8 Å². The van der Waals surface area contributed by atoms with Crippen LogP contribution in [0.3, 0.4) is 0 Å². The van der Waals surface area contributed by atoms with Crippen LogP contribution in [0.1, 0.15) is 391 Å². The molecule has 0 atom stereocenters. The molecule has 17 nitrogen and oxygen atoms in total. The lowest BCUT2D eigenvalue weighted by Gasteiger charge is -2.22. The molecule has 103 heavy (non-hydrogen) atoms. The van der Waals surface area contributed by atoms with E-state index in [2.05, 4.69) is 162 Å². The number of carboxylic acid groups (broad SMARTS) is 1. The summed E-state index contributed by atoms with van der Waals surface area (Å²) in [5.41, 5.74) is 7.19. The molecule has 626 valence electrons. The molecule has 17 heteroatoms. The van der Waals surface area contributed by atoms with E-state index in [4.69, 9.17) is 39.3 Å². The van der Waals surface area contributed by atoms with Gasteiger partial charge in [-0.05, 0) is 210 Å². The standard InChI is InChI=1S/C15H30O2.C14H29NO2.C14H28O3.C14H28O2.C11H22O3.C9H19NO2.C6H15N.3CH4/c1-14(2,3)12-10-8-7-9-11-13(16)17-15(4,5)6;1-5-6-12-17-13(16)8-7-10-15-11-9-14(2,3)4;1-13(2,3)9-11-16-10-7-8-12(15)17-14(4,5)6;1-12(2)16-13(15)10-8-6-7-9-11-14(3,4)5;1-11(2,3)7-9-14-8-5-6-10(12)13-4;1-9(2,3)5-6-10(4)7-8(11)12;1-6(2,3)4-5-7;;;/h7-12H2,1-6H3;15H,5-12H2,1-4H3;7-11H2,1-6H3;12H,6-11H2,1-5H3;5-9H2,1-4H3;5-7H2,1-4H3,(H,11,12);4-5,7H2,1-3H3;3*1H4. The van der Waals surface area contributed by atoms with Crippen molar-refractivity contribution in [2.75, 3.05) is 79.9 Å². The van der Waals surface area contributed by atoms with E-state index in [9.17, 15) is 28.8 Å². The number of aliphatic carboxylic acids is 1. The van der Waals surface area contributed by atoms with Crippen LogP contribution in [0.4, 0.5) is 0 Å². The summed E-state index contributed by atoms with van der Waals surface area (Å²) < 4.78 is 36.0. The van der Waals surface area contributed by atoms with Gasteiger partial charge in [0.2, 0.25) is 0 Å². The lowest BCUT2D eigenvalue weighted by Crippen LogP contribution is -2.28. The lowest BCUT2D eigenvalue weighted by molar-refractivity contribution is -0.156. The zero-order valence-corrected chi connectivity index (χ0v) is 72.1. The van der Waals surface area contributed by atoms with E-state index in [0.29, 0.717) is 84.4 Å². The molecular weight excluding hydrogens is 1300 g/mol. The minimum absolute atomic E-state index is 0. The number of methoxy groups -OCH3 is 1. The van der Waals surface area contributed by atoms with Gasteiger partial charge in [0.25, 0.3) is 0 Å². The minimum Gasteiger partial charge on any atom is -0.480 e. The third-order valence-corrected chi connectivity index (χ3v) is 14.0. The second kappa shape index (κ2) is 67.9. The van der Waals surface area contributed by atoms with Gasteiger partial charge in [-0.25, -0.2) is 0 Å². The van der Waals surface area contributed by atoms with Crippen LogP contribution in [-0.4, -0.2) is 143 Å². The van der Waals surface area contributed by atoms with E-state index in [1.807, 2.05) is 67.3 Å². The van der Waals surface area contributed by atoms with E-state index in [0.717, 1.165) is 129 Å². The topological polar surface area (TPSA) is 229 Å². The Morgan fingerprint density at radius 2 is 0.748 bits per heavy atom. The summed E-state index contributed by atoms with van der Waals surface area (Å²) >= 11 is 0.